The SMILES string of the molecule is C#Cc1c(F)ccc2cc(O)cc(-c3cc4c5c(nc(OC[C@@]67CCCN6C[C@H](F)C7)nc5c3F)N3C[C@@H](C)N[C@@H](CC)[C@H]3CC4)c12. The summed E-state index contributed by atoms with van der Waals surface area (Å²) in [5, 5.41) is 15.9. The third kappa shape index (κ3) is 4.81. The van der Waals surface area contributed by atoms with Crippen LogP contribution in [0.1, 0.15) is 57.1 Å². The molecule has 10 heteroatoms. The summed E-state index contributed by atoms with van der Waals surface area (Å²) < 4.78 is 53.1. The normalized spacial score (nSPS) is 27.1. The molecule has 4 aliphatic heterocycles. The predicted octanol–water partition coefficient (Wildman–Crippen LogP) is 6.26. The number of benzene rings is 3. The Morgan fingerprint density at radius 3 is 2.81 bits per heavy atom. The van der Waals surface area contributed by atoms with Crippen molar-refractivity contribution in [3.63, 3.8) is 0 Å². The number of piperazine rings is 1. The first-order valence-electron chi connectivity index (χ1n) is 16.7. The lowest BCUT2D eigenvalue weighted by Crippen LogP contribution is -2.61. The van der Waals surface area contributed by atoms with Gasteiger partial charge in [0.25, 0.3) is 0 Å². The molecule has 0 spiro atoms. The van der Waals surface area contributed by atoms with Crippen LogP contribution in [0.15, 0.2) is 30.3 Å². The minimum Gasteiger partial charge on any atom is -0.508 e. The van der Waals surface area contributed by atoms with E-state index < -0.39 is 23.3 Å². The standard InChI is InChI=1S/C37H38F3N5O2/c1-4-25-28(39)9-7-21-13-24(46)15-26(31(21)25)27-14-22-8-10-30-29(5-2)41-20(3)17-45(30)35-32(22)34(33(27)40)42-36(43-35)47-19-37-11-6-12-44(37)18-23(38)16-37/h1,7,9,13-15,20,23,29-30,41,46H,5-6,8,10-12,16-19H2,2-3H3/t20-,23-,29+,30-,37+/m1/s1. The van der Waals surface area contributed by atoms with Crippen molar-refractivity contribution >= 4 is 27.5 Å². The zero-order chi connectivity index (χ0) is 32.6. The largest absolute Gasteiger partial charge is 0.508 e. The molecular weight excluding hydrogens is 603 g/mol. The maximum Gasteiger partial charge on any atom is 0.319 e. The van der Waals surface area contributed by atoms with Crippen LogP contribution in [0.4, 0.5) is 19.0 Å². The Morgan fingerprint density at radius 2 is 2.00 bits per heavy atom. The van der Waals surface area contributed by atoms with Gasteiger partial charge in [0, 0.05) is 54.0 Å². The van der Waals surface area contributed by atoms with Crippen molar-refractivity contribution in [2.75, 3.05) is 31.1 Å². The molecule has 3 saturated heterocycles. The number of aromatic nitrogens is 2. The molecule has 1 aromatic heterocycles. The van der Waals surface area contributed by atoms with E-state index in [0.717, 1.165) is 37.8 Å². The summed E-state index contributed by atoms with van der Waals surface area (Å²) in [6.07, 6.45) is 9.39. The number of rotatable bonds is 5. The zero-order valence-corrected chi connectivity index (χ0v) is 26.6. The van der Waals surface area contributed by atoms with E-state index in [1.165, 1.54) is 24.3 Å². The van der Waals surface area contributed by atoms with Crippen molar-refractivity contribution in [2.24, 2.45) is 0 Å². The number of alkyl halides is 1. The number of nitrogens with one attached hydrogen (secondary N) is 1. The third-order valence-corrected chi connectivity index (χ3v) is 10.9. The molecule has 4 aliphatic rings. The maximum atomic E-state index is 17.2. The van der Waals surface area contributed by atoms with Crippen molar-refractivity contribution < 1.29 is 23.0 Å². The molecular formula is C37H38F3N5O2. The van der Waals surface area contributed by atoms with E-state index >= 15 is 8.78 Å². The zero-order valence-electron chi connectivity index (χ0n) is 26.6. The number of hydrogen-bond donors (Lipinski definition) is 2. The van der Waals surface area contributed by atoms with Crippen LogP contribution in [0.2, 0.25) is 0 Å². The van der Waals surface area contributed by atoms with Gasteiger partial charge in [-0.25, -0.2) is 13.2 Å². The highest BCUT2D eigenvalue weighted by Crippen LogP contribution is 2.45. The number of aromatic hydroxyl groups is 1. The average molecular weight is 642 g/mol. The van der Waals surface area contributed by atoms with Gasteiger partial charge in [0.05, 0.1) is 11.1 Å². The number of fused-ring (bicyclic) bond motifs is 4. The van der Waals surface area contributed by atoms with E-state index in [0.29, 0.717) is 47.9 Å². The van der Waals surface area contributed by atoms with Crippen LogP contribution in [-0.4, -0.2) is 76.1 Å². The Balaban J connectivity index is 1.34. The van der Waals surface area contributed by atoms with Gasteiger partial charge < -0.3 is 20.1 Å². The first-order chi connectivity index (χ1) is 22.7. The van der Waals surface area contributed by atoms with Gasteiger partial charge in [-0.3, -0.25) is 4.90 Å². The minimum atomic E-state index is -0.910. The van der Waals surface area contributed by atoms with Gasteiger partial charge in [0.2, 0.25) is 0 Å². The van der Waals surface area contributed by atoms with Gasteiger partial charge in [-0.1, -0.05) is 18.9 Å². The number of phenolic OH excluding ortho intramolecular Hbond substituents is 1. The summed E-state index contributed by atoms with van der Waals surface area (Å²) in [4.78, 5) is 14.2. The van der Waals surface area contributed by atoms with E-state index in [9.17, 15) is 9.50 Å². The molecule has 8 rings (SSSR count). The molecule has 4 aromatic rings. The Labute approximate surface area is 272 Å². The molecule has 0 saturated carbocycles. The summed E-state index contributed by atoms with van der Waals surface area (Å²) in [7, 11) is 0. The molecule has 47 heavy (non-hydrogen) atoms. The molecule has 5 atom stereocenters. The number of halogens is 3. The van der Waals surface area contributed by atoms with Gasteiger partial charge in [-0.2, -0.15) is 9.97 Å². The first-order valence-corrected chi connectivity index (χ1v) is 16.7. The second kappa shape index (κ2) is 11.3. The molecule has 244 valence electrons. The van der Waals surface area contributed by atoms with Gasteiger partial charge in [-0.05, 0) is 86.4 Å². The average Bonchev–Trinajstić information content (AvgIpc) is 3.53. The van der Waals surface area contributed by atoms with Crippen LogP contribution in [0.5, 0.6) is 11.8 Å². The molecule has 7 nitrogen and oxygen atoms in total. The van der Waals surface area contributed by atoms with Gasteiger partial charge in [0.15, 0.2) is 5.82 Å². The van der Waals surface area contributed by atoms with Crippen LogP contribution >= 0.6 is 0 Å². The molecule has 2 N–H and O–H groups in total. The monoisotopic (exact) mass is 641 g/mol. The predicted molar refractivity (Wildman–Crippen MR) is 177 cm³/mol. The molecule has 5 heterocycles. The van der Waals surface area contributed by atoms with E-state index in [-0.39, 0.29) is 58.7 Å². The Morgan fingerprint density at radius 1 is 1.15 bits per heavy atom. The molecule has 0 bridgehead atoms. The molecule has 0 radical (unpaired) electrons. The number of nitrogens with zero attached hydrogens (tertiary/aromatic N) is 4. The summed E-state index contributed by atoms with van der Waals surface area (Å²) >= 11 is 0. The van der Waals surface area contributed by atoms with Crippen LogP contribution < -0.4 is 15.0 Å². The number of phenols is 1. The number of aryl methyl sites for hydroxylation is 1. The lowest BCUT2D eigenvalue weighted by Gasteiger charge is -2.45. The molecule has 3 fully saturated rings. The fourth-order valence-electron chi connectivity index (χ4n) is 8.88. The van der Waals surface area contributed by atoms with Gasteiger partial charge in [0.1, 0.15) is 35.7 Å². The minimum absolute atomic E-state index is 0.00125. The van der Waals surface area contributed by atoms with E-state index in [2.05, 4.69) is 34.9 Å². The van der Waals surface area contributed by atoms with Crippen molar-refractivity contribution in [3.05, 3.63) is 53.1 Å². The Bertz CT molecular complexity index is 1960. The third-order valence-electron chi connectivity index (χ3n) is 10.9. The second-order valence-corrected chi connectivity index (χ2v) is 13.8. The quantitative estimate of drug-likeness (QED) is 0.249. The lowest BCUT2D eigenvalue weighted by atomic mass is 9.90. The molecule has 0 unspecified atom stereocenters. The topological polar surface area (TPSA) is 73.8 Å². The number of ether oxygens (including phenoxy) is 1. The molecule has 0 aliphatic carbocycles. The van der Waals surface area contributed by atoms with Crippen LogP contribution in [0.25, 0.3) is 32.8 Å². The first kappa shape index (κ1) is 30.3. The van der Waals surface area contributed by atoms with Crippen LogP contribution in [-0.2, 0) is 6.42 Å². The molecule has 3 aromatic carbocycles. The van der Waals surface area contributed by atoms with Crippen LogP contribution in [0, 0.1) is 24.0 Å². The van der Waals surface area contributed by atoms with Crippen LogP contribution in [0.3, 0.4) is 0 Å². The lowest BCUT2D eigenvalue weighted by molar-refractivity contribution is 0.107. The fourth-order valence-corrected chi connectivity index (χ4v) is 8.88. The summed E-state index contributed by atoms with van der Waals surface area (Å²) in [6, 6.07) is 8.03. The Hall–Kier alpha value is -4.07. The fraction of sp³-hybridized carbons (Fsp3) is 0.459. The van der Waals surface area contributed by atoms with Crippen molar-refractivity contribution in [3.8, 4) is 35.2 Å². The highest BCUT2D eigenvalue weighted by molar-refractivity contribution is 6.05. The summed E-state index contributed by atoms with van der Waals surface area (Å²) in [6.45, 7) is 6.42. The van der Waals surface area contributed by atoms with E-state index in [1.54, 1.807) is 6.07 Å². The van der Waals surface area contributed by atoms with Gasteiger partial charge >= 0.3 is 6.01 Å². The molecule has 0 amide bonds. The smallest absolute Gasteiger partial charge is 0.319 e. The van der Waals surface area contributed by atoms with Crippen molar-refractivity contribution in [1.29, 1.82) is 0 Å². The number of anilines is 1. The Kier molecular flexibility index (Phi) is 7.26. The number of terminal acetylenes is 1. The van der Waals surface area contributed by atoms with Crippen molar-refractivity contribution in [2.45, 2.75) is 82.2 Å². The van der Waals surface area contributed by atoms with Gasteiger partial charge in [-0.15, -0.1) is 6.42 Å². The number of hydrogen-bond acceptors (Lipinski definition) is 7. The van der Waals surface area contributed by atoms with E-state index in [1.807, 2.05) is 0 Å². The maximum absolute atomic E-state index is 17.2. The van der Waals surface area contributed by atoms with Crippen molar-refractivity contribution in [1.82, 2.24) is 20.2 Å². The highest BCUT2D eigenvalue weighted by Gasteiger charge is 2.49. The van der Waals surface area contributed by atoms with E-state index in [4.69, 9.17) is 21.1 Å². The summed E-state index contributed by atoms with van der Waals surface area (Å²) in [5.74, 6) is 1.75. The summed E-state index contributed by atoms with van der Waals surface area (Å²) in [5.41, 5.74) is 0.995. The highest BCUT2D eigenvalue weighted by atomic mass is 19.1. The second-order valence-electron chi connectivity index (χ2n) is 13.8.